The summed E-state index contributed by atoms with van der Waals surface area (Å²) in [6, 6.07) is 43.0. The average Bonchev–Trinajstić information content (AvgIpc) is 1.21. The van der Waals surface area contributed by atoms with Crippen LogP contribution in [0.25, 0.3) is 111 Å². The Bertz CT molecular complexity index is 6640. The quantitative estimate of drug-likeness (QED) is 0.134. The van der Waals surface area contributed by atoms with Crippen LogP contribution in [0.2, 0.25) is 0 Å². The minimum Gasteiger partial charge on any atom is -0.310 e. The fourth-order valence-electron chi connectivity index (χ4n) is 14.8. The lowest BCUT2D eigenvalue weighted by molar-refractivity contribution is 0.590. The van der Waals surface area contributed by atoms with Crippen molar-refractivity contribution in [2.45, 2.75) is 78.6 Å². The summed E-state index contributed by atoms with van der Waals surface area (Å²) in [7, 11) is 0. The molecule has 0 bridgehead atoms. The van der Waals surface area contributed by atoms with E-state index in [2.05, 4.69) is 86.6 Å². The van der Waals surface area contributed by atoms with E-state index in [1.807, 2.05) is 168 Å². The third-order valence-electron chi connectivity index (χ3n) is 19.9. The molecule has 0 spiro atoms. The number of para-hydroxylation sites is 4. The molecule has 14 aromatic carbocycles. The van der Waals surface area contributed by atoms with Crippen molar-refractivity contribution < 1.29 is 30.2 Å². The predicted octanol–water partition coefficient (Wildman–Crippen LogP) is 24.2. The maximum Gasteiger partial charge on any atom is 0.252 e. The van der Waals surface area contributed by atoms with Gasteiger partial charge < -0.3 is 18.9 Å². The lowest BCUT2D eigenvalue weighted by Crippen LogP contribution is -2.61. The third kappa shape index (κ3) is 10.2. The van der Waals surface area contributed by atoms with Crippen LogP contribution in [0.3, 0.4) is 0 Å². The molecule has 5 heteroatoms. The van der Waals surface area contributed by atoms with Gasteiger partial charge in [0.25, 0.3) is 6.71 Å². The average molecular weight is 1320 g/mol. The Labute approximate surface area is 624 Å². The van der Waals surface area contributed by atoms with E-state index in [9.17, 15) is 24.7 Å². The molecule has 16 aromatic rings. The Morgan fingerprint density at radius 1 is 0.287 bits per heavy atom. The highest BCUT2D eigenvalue weighted by atomic mass is 15.2. The molecule has 0 radical (unpaired) electrons. The van der Waals surface area contributed by atoms with Gasteiger partial charge in [-0.05, 0) is 167 Å². The molecule has 0 aliphatic carbocycles. The highest BCUT2D eigenvalue weighted by Gasteiger charge is 2.46. The summed E-state index contributed by atoms with van der Waals surface area (Å²) in [5.41, 5.74) is 5.54. The molecule has 2 aliphatic rings. The molecule has 0 saturated heterocycles. The zero-order chi connectivity index (χ0) is 87.8. The van der Waals surface area contributed by atoms with Crippen molar-refractivity contribution in [3.05, 3.63) is 332 Å². The molecule has 4 nitrogen and oxygen atoms in total. The van der Waals surface area contributed by atoms with Crippen LogP contribution in [0.5, 0.6) is 0 Å². The van der Waals surface area contributed by atoms with Crippen LogP contribution in [0.1, 0.15) is 109 Å². The monoisotopic (exact) mass is 1320 g/mol. The fourth-order valence-corrected chi connectivity index (χ4v) is 14.8. The van der Waals surface area contributed by atoms with E-state index in [1.165, 1.54) is 0 Å². The van der Waals surface area contributed by atoms with Gasteiger partial charge in [-0.1, -0.05) is 293 Å². The van der Waals surface area contributed by atoms with Gasteiger partial charge in [-0.3, -0.25) is 0 Å². The second-order valence-corrected chi connectivity index (χ2v) is 29.2. The molecule has 0 fully saturated rings. The van der Waals surface area contributed by atoms with Crippen LogP contribution >= 0.6 is 0 Å². The minimum atomic E-state index is -1.67. The minimum absolute atomic E-state index is 0.164. The van der Waals surface area contributed by atoms with Gasteiger partial charge >= 0.3 is 0 Å². The summed E-state index contributed by atoms with van der Waals surface area (Å²) in [4.78, 5) is 3.77. The van der Waals surface area contributed by atoms with E-state index in [1.54, 1.807) is 0 Å². The van der Waals surface area contributed by atoms with Gasteiger partial charge in [0.2, 0.25) is 0 Å². The molecule has 0 N–H and O–H groups in total. The Kier molecular flexibility index (Phi) is 9.85. The number of aromatic nitrogens is 2. The van der Waals surface area contributed by atoms with Gasteiger partial charge in [0.15, 0.2) is 0 Å². The van der Waals surface area contributed by atoms with Gasteiger partial charge in [-0.15, -0.1) is 0 Å². The molecule has 0 amide bonds. The van der Waals surface area contributed by atoms with E-state index >= 15 is 0 Å². The summed E-state index contributed by atoms with van der Waals surface area (Å²) >= 11 is 0. The summed E-state index contributed by atoms with van der Waals surface area (Å²) < 4.78 is 223. The van der Waals surface area contributed by atoms with E-state index < -0.39 is 184 Å². The molecule has 0 saturated carbocycles. The van der Waals surface area contributed by atoms with Gasteiger partial charge in [0.05, 0.1) is 63.6 Å². The highest BCUT2D eigenvalue weighted by Crippen LogP contribution is 2.56. The lowest BCUT2D eigenvalue weighted by atomic mass is 9.33. The molecule has 2 aromatic heterocycles. The van der Waals surface area contributed by atoms with Crippen molar-refractivity contribution in [2.75, 3.05) is 9.80 Å². The molecule has 0 unspecified atom stereocenters. The van der Waals surface area contributed by atoms with Crippen LogP contribution in [0.15, 0.2) is 315 Å². The largest absolute Gasteiger partial charge is 0.310 e. The highest BCUT2D eigenvalue weighted by molar-refractivity contribution is 7.00. The van der Waals surface area contributed by atoms with Crippen LogP contribution in [0.4, 0.5) is 34.1 Å². The third-order valence-corrected chi connectivity index (χ3v) is 19.9. The maximum atomic E-state index is 11.8. The lowest BCUT2D eigenvalue weighted by Gasteiger charge is -2.46. The molecule has 0 atom stereocenters. The van der Waals surface area contributed by atoms with E-state index in [-0.39, 0.29) is 60.6 Å². The zero-order valence-corrected chi connectivity index (χ0v) is 57.2. The van der Waals surface area contributed by atoms with Crippen molar-refractivity contribution in [3.63, 3.8) is 0 Å². The molecule has 2 aliphatic heterocycles. The van der Waals surface area contributed by atoms with Crippen molar-refractivity contribution in [1.82, 2.24) is 9.13 Å². The number of hydrogen-bond acceptors (Lipinski definition) is 2. The molecular weight excluding hydrogens is 1220 g/mol. The van der Waals surface area contributed by atoms with Gasteiger partial charge in [0, 0.05) is 77.9 Å². The second kappa shape index (κ2) is 23.5. The normalized spacial score (nSPS) is 16.0. The topological polar surface area (TPSA) is 16.3 Å². The number of rotatable bonds is 9. The number of nitrogens with zero attached hydrogens (tertiary/aromatic N) is 4. The first-order valence-electron chi connectivity index (χ1n) is 45.0. The standard InChI is InChI=1S/C96H79BN4/c1-94(2,3)68-48-46-62(47-49-68)67-54-89-91-90(55-67)101(93-79(65-34-18-12-19-35-65)58-70(96(7,8)9)59-80(93)66-36-20-13-21-37-66)88-61-72(99-85-44-28-24-40-75(85)76-41-25-29-45-86(76)99)51-53-82(88)97(91)81-52-50-71(98-83-42-26-22-38-73(83)74-39-23-27-43-84(74)98)60-87(81)100(89)92-77(63-30-14-10-15-31-63)56-69(95(4,5)6)57-78(92)64-32-16-11-17-33-64/h10-61H,1-9H3/i22D,23D,24D,25D,26D,27D,28D,29D,38D,39D,40D,41D,42D,43D,44D,45D,50D,51D,52D,53D,60D,61D. The maximum absolute atomic E-state index is 11.8. The Morgan fingerprint density at radius 2 is 0.594 bits per heavy atom. The van der Waals surface area contributed by atoms with Crippen LogP contribution in [-0.2, 0) is 16.2 Å². The van der Waals surface area contributed by atoms with E-state index in [4.69, 9.17) is 5.48 Å². The molecule has 18 rings (SSSR count). The molecule has 486 valence electrons. The van der Waals surface area contributed by atoms with Gasteiger partial charge in [0.1, 0.15) is 0 Å². The van der Waals surface area contributed by atoms with Crippen molar-refractivity contribution in [3.8, 4) is 67.0 Å². The second-order valence-electron chi connectivity index (χ2n) is 29.2. The number of anilines is 6. The Hall–Kier alpha value is -11.7. The van der Waals surface area contributed by atoms with Crippen LogP contribution < -0.4 is 26.2 Å². The van der Waals surface area contributed by atoms with Crippen molar-refractivity contribution >= 4 is 101 Å². The first kappa shape index (κ1) is 42.3. The molecular formula is C96H79BN4. The number of fused-ring (bicyclic) bond motifs is 10. The Balaban J connectivity index is 1.15. The summed E-state index contributed by atoms with van der Waals surface area (Å²) in [5, 5.41) is -1.42. The van der Waals surface area contributed by atoms with E-state index in [0.717, 1.165) is 25.8 Å². The van der Waals surface area contributed by atoms with Crippen molar-refractivity contribution in [2.24, 2.45) is 0 Å². The van der Waals surface area contributed by atoms with Gasteiger partial charge in [-0.25, -0.2) is 0 Å². The first-order valence-corrected chi connectivity index (χ1v) is 34.0. The Morgan fingerprint density at radius 3 is 0.901 bits per heavy atom. The number of benzene rings is 14. The summed E-state index contributed by atoms with van der Waals surface area (Å²) in [6.45, 7) is 17.2. The smallest absolute Gasteiger partial charge is 0.252 e. The van der Waals surface area contributed by atoms with Gasteiger partial charge in [-0.2, -0.15) is 0 Å². The number of hydrogen-bond donors (Lipinski definition) is 0. The van der Waals surface area contributed by atoms with Crippen LogP contribution in [-0.4, -0.2) is 15.8 Å². The van der Waals surface area contributed by atoms with Crippen LogP contribution in [0, 0.1) is 0 Å². The van der Waals surface area contributed by atoms with Crippen molar-refractivity contribution in [1.29, 1.82) is 0 Å². The molecule has 4 heterocycles. The SMILES string of the molecule is [2H]c1c([2H])c(-n2c3c([2H])c([2H])c([2H])c([2H])c3c3c([2H])c([2H])c([2H])c([2H])c32)c([2H])c2c1B1c3c(cc(-c4ccc(C(C)(C)C)cc4)cc3N(c3c(-c4ccccc4)cc(C(C)(C)C)cc3-c3ccccc3)c3c([2H])c(-n4c5c([2H])c([2H])c([2H])c([2H])c5c5c([2H])c([2H])c([2H])c([2H])c54)c([2H])c([2H])c31)N2c1c(-c2ccccc2)cc(C(C)(C)C)cc1-c1ccccc1. The first-order chi connectivity index (χ1) is 58.2. The fraction of sp³-hybridized carbons (Fsp3) is 0.125. The zero-order valence-electron chi connectivity index (χ0n) is 79.2. The summed E-state index contributed by atoms with van der Waals surface area (Å²) in [5.74, 6) is 0. The van der Waals surface area contributed by atoms with E-state index in [0.29, 0.717) is 72.5 Å². The predicted molar refractivity (Wildman–Crippen MR) is 432 cm³/mol. The molecule has 101 heavy (non-hydrogen) atoms. The summed E-state index contributed by atoms with van der Waals surface area (Å²) in [6.07, 6.45) is 0.